The third kappa shape index (κ3) is 2.88. The largest absolute Gasteiger partial charge is 0.481 e. The van der Waals surface area contributed by atoms with Crippen molar-refractivity contribution in [3.8, 4) is 6.07 Å². The molecule has 1 aromatic rings. The summed E-state index contributed by atoms with van der Waals surface area (Å²) in [6, 6.07) is 3.08. The number of hydrogen-bond donors (Lipinski definition) is 1. The van der Waals surface area contributed by atoms with E-state index in [1.165, 1.54) is 6.07 Å². The number of halogens is 4. The lowest BCUT2D eigenvalue weighted by Gasteiger charge is -2.13. The maximum absolute atomic E-state index is 12.6. The summed E-state index contributed by atoms with van der Waals surface area (Å²) in [5.41, 5.74) is -2.22. The predicted molar refractivity (Wildman–Crippen MR) is 52.5 cm³/mol. The number of aliphatic carboxylic acids is 1. The second-order valence-corrected chi connectivity index (χ2v) is 3.54. The Hall–Kier alpha value is -1.74. The second-order valence-electron chi connectivity index (χ2n) is 3.13. The van der Waals surface area contributed by atoms with Crippen LogP contribution in [0.15, 0.2) is 12.1 Å². The summed E-state index contributed by atoms with van der Waals surface area (Å²) in [5.74, 6) is -1.46. The molecule has 0 fully saturated rings. The lowest BCUT2D eigenvalue weighted by molar-refractivity contribution is -0.139. The number of nitrogens with zero attached hydrogens (tertiary/aromatic N) is 1. The molecule has 0 heterocycles. The van der Waals surface area contributed by atoms with E-state index >= 15 is 0 Å². The van der Waals surface area contributed by atoms with Crippen molar-refractivity contribution in [2.45, 2.75) is 12.6 Å². The summed E-state index contributed by atoms with van der Waals surface area (Å²) >= 11 is 5.55. The van der Waals surface area contributed by atoms with E-state index in [4.69, 9.17) is 22.0 Å². The molecule has 0 aromatic heterocycles. The standard InChI is InChI=1S/C10H5ClF3NO2/c11-8-2-1-7(10(12,13)14)5(3-9(16)17)6(8)4-15/h1-2H,3H2,(H,16,17). The Bertz CT molecular complexity index is 505. The number of benzene rings is 1. The van der Waals surface area contributed by atoms with Gasteiger partial charge in [-0.1, -0.05) is 11.6 Å². The van der Waals surface area contributed by atoms with Crippen LogP contribution in [0, 0.1) is 11.3 Å². The molecule has 0 aliphatic rings. The molecule has 1 N–H and O–H groups in total. The molecule has 1 rings (SSSR count). The molecule has 0 unspecified atom stereocenters. The molecule has 1 aromatic carbocycles. The molecule has 0 atom stereocenters. The Morgan fingerprint density at radius 3 is 2.47 bits per heavy atom. The molecule has 0 bridgehead atoms. The van der Waals surface area contributed by atoms with Crippen LogP contribution in [0.25, 0.3) is 0 Å². The Morgan fingerprint density at radius 2 is 2.06 bits per heavy atom. The van der Waals surface area contributed by atoms with Crippen LogP contribution in [-0.4, -0.2) is 11.1 Å². The maximum atomic E-state index is 12.6. The summed E-state index contributed by atoms with van der Waals surface area (Å²) < 4.78 is 37.8. The monoisotopic (exact) mass is 263 g/mol. The number of carboxylic acid groups (broad SMARTS) is 1. The van der Waals surface area contributed by atoms with Crippen LogP contribution >= 0.6 is 11.6 Å². The normalized spacial score (nSPS) is 11.0. The topological polar surface area (TPSA) is 61.1 Å². The first-order chi connectivity index (χ1) is 7.77. The fourth-order valence-electron chi connectivity index (χ4n) is 1.34. The molecule has 0 radical (unpaired) electrons. The minimum Gasteiger partial charge on any atom is -0.481 e. The molecule has 3 nitrogen and oxygen atoms in total. The highest BCUT2D eigenvalue weighted by atomic mass is 35.5. The molecule has 17 heavy (non-hydrogen) atoms. The van der Waals surface area contributed by atoms with Crippen LogP contribution in [0.2, 0.25) is 5.02 Å². The molecule has 7 heteroatoms. The van der Waals surface area contributed by atoms with Gasteiger partial charge in [-0.2, -0.15) is 18.4 Å². The molecule has 0 spiro atoms. The number of carbonyl (C=O) groups is 1. The molecule has 90 valence electrons. The summed E-state index contributed by atoms with van der Waals surface area (Å²) in [6.45, 7) is 0. The number of alkyl halides is 3. The van der Waals surface area contributed by atoms with Crippen molar-refractivity contribution in [3.63, 3.8) is 0 Å². The van der Waals surface area contributed by atoms with Gasteiger partial charge in [0.1, 0.15) is 6.07 Å². The predicted octanol–water partition coefficient (Wildman–Crippen LogP) is 2.86. The fraction of sp³-hybridized carbons (Fsp3) is 0.200. The molecule has 0 saturated heterocycles. The van der Waals surface area contributed by atoms with E-state index in [9.17, 15) is 18.0 Å². The van der Waals surface area contributed by atoms with Crippen molar-refractivity contribution in [3.05, 3.63) is 33.8 Å². The van der Waals surface area contributed by atoms with Gasteiger partial charge >= 0.3 is 12.1 Å². The van der Waals surface area contributed by atoms with Gasteiger partial charge in [0, 0.05) is 0 Å². The van der Waals surface area contributed by atoms with Gasteiger partial charge < -0.3 is 5.11 Å². The summed E-state index contributed by atoms with van der Waals surface area (Å²) in [6.07, 6.45) is -5.63. The highest BCUT2D eigenvalue weighted by Gasteiger charge is 2.35. The number of carboxylic acids is 1. The number of hydrogen-bond acceptors (Lipinski definition) is 2. The van der Waals surface area contributed by atoms with E-state index in [-0.39, 0.29) is 5.02 Å². The van der Waals surface area contributed by atoms with E-state index in [1.54, 1.807) is 0 Å². The molecule has 0 saturated carbocycles. The van der Waals surface area contributed by atoms with Crippen molar-refractivity contribution in [1.29, 1.82) is 5.26 Å². The van der Waals surface area contributed by atoms with E-state index < -0.39 is 35.3 Å². The van der Waals surface area contributed by atoms with Gasteiger partial charge in [0.05, 0.1) is 22.6 Å². The fourth-order valence-corrected chi connectivity index (χ4v) is 1.56. The van der Waals surface area contributed by atoms with Crippen LogP contribution in [0.4, 0.5) is 13.2 Å². The molecular weight excluding hydrogens is 259 g/mol. The summed E-state index contributed by atoms with van der Waals surface area (Å²) in [7, 11) is 0. The first-order valence-electron chi connectivity index (χ1n) is 4.28. The Morgan fingerprint density at radius 1 is 1.47 bits per heavy atom. The van der Waals surface area contributed by atoms with E-state index in [2.05, 4.69) is 0 Å². The Kier molecular flexibility index (Phi) is 3.63. The van der Waals surface area contributed by atoms with Gasteiger partial charge in [0.15, 0.2) is 0 Å². The lowest BCUT2D eigenvalue weighted by atomic mass is 9.98. The Labute approximate surface area is 99.0 Å². The van der Waals surface area contributed by atoms with Crippen molar-refractivity contribution in [2.75, 3.05) is 0 Å². The van der Waals surface area contributed by atoms with Crippen molar-refractivity contribution in [1.82, 2.24) is 0 Å². The van der Waals surface area contributed by atoms with Gasteiger partial charge in [-0.05, 0) is 17.7 Å². The van der Waals surface area contributed by atoms with E-state index in [1.807, 2.05) is 0 Å². The van der Waals surface area contributed by atoms with Gasteiger partial charge in [-0.3, -0.25) is 4.79 Å². The quantitative estimate of drug-likeness (QED) is 0.892. The Balaban J connectivity index is 3.52. The summed E-state index contributed by atoms with van der Waals surface area (Å²) in [5, 5.41) is 17.1. The van der Waals surface area contributed by atoms with Crippen molar-refractivity contribution in [2.24, 2.45) is 0 Å². The van der Waals surface area contributed by atoms with E-state index in [0.29, 0.717) is 6.07 Å². The van der Waals surface area contributed by atoms with E-state index in [0.717, 1.165) is 6.07 Å². The SMILES string of the molecule is N#Cc1c(Cl)ccc(C(F)(F)F)c1CC(=O)O. The van der Waals surface area contributed by atoms with Crippen LogP contribution < -0.4 is 0 Å². The van der Waals surface area contributed by atoms with Gasteiger partial charge in [0.25, 0.3) is 0 Å². The zero-order chi connectivity index (χ0) is 13.2. The number of nitriles is 1. The van der Waals surface area contributed by atoms with Crippen LogP contribution in [0.1, 0.15) is 16.7 Å². The lowest BCUT2D eigenvalue weighted by Crippen LogP contribution is -2.14. The third-order valence-electron chi connectivity index (χ3n) is 2.01. The minimum atomic E-state index is -4.72. The third-order valence-corrected chi connectivity index (χ3v) is 2.32. The first kappa shape index (κ1) is 13.3. The zero-order valence-corrected chi connectivity index (χ0v) is 8.93. The molecule has 0 aliphatic carbocycles. The maximum Gasteiger partial charge on any atom is 0.416 e. The average Bonchev–Trinajstić information content (AvgIpc) is 2.15. The molecule has 0 aliphatic heterocycles. The first-order valence-corrected chi connectivity index (χ1v) is 4.65. The van der Waals surface area contributed by atoms with Gasteiger partial charge in [-0.15, -0.1) is 0 Å². The minimum absolute atomic E-state index is 0.197. The molecular formula is C10H5ClF3NO2. The average molecular weight is 264 g/mol. The van der Waals surface area contributed by atoms with Crippen molar-refractivity contribution >= 4 is 17.6 Å². The molecule has 0 amide bonds. The second kappa shape index (κ2) is 4.63. The highest BCUT2D eigenvalue weighted by Crippen LogP contribution is 2.35. The highest BCUT2D eigenvalue weighted by molar-refractivity contribution is 6.31. The van der Waals surface area contributed by atoms with Crippen LogP contribution in [0.3, 0.4) is 0 Å². The number of rotatable bonds is 2. The van der Waals surface area contributed by atoms with Crippen molar-refractivity contribution < 1.29 is 23.1 Å². The smallest absolute Gasteiger partial charge is 0.416 e. The van der Waals surface area contributed by atoms with Gasteiger partial charge in [0.2, 0.25) is 0 Å². The summed E-state index contributed by atoms with van der Waals surface area (Å²) in [4.78, 5) is 10.5. The van der Waals surface area contributed by atoms with Crippen LogP contribution in [-0.2, 0) is 17.4 Å². The van der Waals surface area contributed by atoms with Gasteiger partial charge in [-0.25, -0.2) is 0 Å². The van der Waals surface area contributed by atoms with Crippen LogP contribution in [0.5, 0.6) is 0 Å². The zero-order valence-electron chi connectivity index (χ0n) is 8.18.